The van der Waals surface area contributed by atoms with Crippen LogP contribution in [0.25, 0.3) is 32.9 Å². The molecule has 5 heterocycles. The number of piperidine rings is 2. The van der Waals surface area contributed by atoms with E-state index in [2.05, 4.69) is 19.8 Å². The number of anilines is 1. The van der Waals surface area contributed by atoms with Crippen molar-refractivity contribution in [2.75, 3.05) is 50.8 Å². The standard InChI is InChI=1S/C37H42F3N5O3/c1-3-25-28(38)6-5-23-17-24(46)18-26(29(23)25)31-30(39)32-27(19-41-31)33(45-13-4-7-37(21-45)12-16-48-37)43-34(42-32)47-22-36(8-9-36)20-44-14-10-35(2,40)11-15-44/h5-6,17-19,46H,3-4,7-16,20-22H2,1-2H3/t37-/m0/s1. The number of hydrogen-bond acceptors (Lipinski definition) is 8. The molecule has 0 unspecified atom stereocenters. The number of phenols is 1. The number of fused-ring (bicyclic) bond motifs is 2. The highest BCUT2D eigenvalue weighted by molar-refractivity contribution is 6.01. The largest absolute Gasteiger partial charge is 0.508 e. The third-order valence-corrected chi connectivity index (χ3v) is 11.1. The monoisotopic (exact) mass is 661 g/mol. The number of pyridine rings is 1. The Morgan fingerprint density at radius 1 is 1.02 bits per heavy atom. The van der Waals surface area contributed by atoms with Crippen LogP contribution in [0.2, 0.25) is 0 Å². The van der Waals surface area contributed by atoms with Crippen LogP contribution >= 0.6 is 0 Å². The fourth-order valence-corrected chi connectivity index (χ4v) is 7.93. The normalized spacial score (nSPS) is 23.5. The highest BCUT2D eigenvalue weighted by Gasteiger charge is 2.46. The van der Waals surface area contributed by atoms with Crippen LogP contribution < -0.4 is 9.64 Å². The minimum absolute atomic E-state index is 0.0274. The summed E-state index contributed by atoms with van der Waals surface area (Å²) in [6.45, 7) is 8.25. The second kappa shape index (κ2) is 11.7. The molecular weight excluding hydrogens is 619 g/mol. The fraction of sp³-hybridized carbons (Fsp3) is 0.541. The predicted molar refractivity (Wildman–Crippen MR) is 178 cm³/mol. The number of ether oxygens (including phenoxy) is 2. The molecule has 11 heteroatoms. The number of rotatable bonds is 8. The number of nitrogens with zero attached hydrogens (tertiary/aromatic N) is 5. The quantitative estimate of drug-likeness (QED) is 0.214. The number of benzene rings is 2. The van der Waals surface area contributed by atoms with Gasteiger partial charge in [-0.05, 0) is 86.4 Å². The number of aryl methyl sites for hydroxylation is 1. The van der Waals surface area contributed by atoms with E-state index in [0.29, 0.717) is 65.5 Å². The van der Waals surface area contributed by atoms with Crippen molar-refractivity contribution in [3.63, 3.8) is 0 Å². The number of alkyl halides is 1. The van der Waals surface area contributed by atoms with Crippen molar-refractivity contribution in [3.8, 4) is 23.0 Å². The van der Waals surface area contributed by atoms with Crippen LogP contribution in [0.4, 0.5) is 19.0 Å². The minimum Gasteiger partial charge on any atom is -0.508 e. The van der Waals surface area contributed by atoms with Gasteiger partial charge in [-0.15, -0.1) is 0 Å². The van der Waals surface area contributed by atoms with E-state index in [1.54, 1.807) is 25.3 Å². The molecule has 0 bridgehead atoms. The van der Waals surface area contributed by atoms with Crippen LogP contribution in [0.15, 0.2) is 30.5 Å². The summed E-state index contributed by atoms with van der Waals surface area (Å²) in [7, 11) is 0. The van der Waals surface area contributed by atoms with Crippen LogP contribution in [0.5, 0.6) is 11.8 Å². The fourth-order valence-electron chi connectivity index (χ4n) is 7.93. The Morgan fingerprint density at radius 3 is 2.52 bits per heavy atom. The summed E-state index contributed by atoms with van der Waals surface area (Å²) >= 11 is 0. The number of likely N-dealkylation sites (tertiary alicyclic amines) is 1. The summed E-state index contributed by atoms with van der Waals surface area (Å²) in [5.41, 5.74) is -0.651. The van der Waals surface area contributed by atoms with Crippen molar-refractivity contribution in [3.05, 3.63) is 47.7 Å². The number of phenolic OH excluding ortho intramolecular Hbond substituents is 1. The first-order valence-corrected chi connectivity index (χ1v) is 17.3. The smallest absolute Gasteiger partial charge is 0.319 e. The maximum Gasteiger partial charge on any atom is 0.319 e. The number of aromatic hydroxyl groups is 1. The molecule has 2 aromatic heterocycles. The van der Waals surface area contributed by atoms with Gasteiger partial charge in [0.15, 0.2) is 5.82 Å². The third kappa shape index (κ3) is 5.72. The van der Waals surface area contributed by atoms with Crippen LogP contribution in [0.3, 0.4) is 0 Å². The van der Waals surface area contributed by atoms with E-state index in [-0.39, 0.29) is 34.0 Å². The molecule has 1 saturated carbocycles. The molecule has 2 aromatic carbocycles. The van der Waals surface area contributed by atoms with Crippen LogP contribution in [-0.2, 0) is 11.2 Å². The van der Waals surface area contributed by atoms with Gasteiger partial charge >= 0.3 is 6.01 Å². The molecule has 4 fully saturated rings. The van der Waals surface area contributed by atoms with Crippen molar-refractivity contribution in [2.24, 2.45) is 5.41 Å². The van der Waals surface area contributed by atoms with Gasteiger partial charge in [0.1, 0.15) is 34.3 Å². The van der Waals surface area contributed by atoms with E-state index in [4.69, 9.17) is 14.5 Å². The molecule has 3 aliphatic heterocycles. The molecular formula is C37H42F3N5O3. The van der Waals surface area contributed by atoms with Crippen molar-refractivity contribution < 1.29 is 27.8 Å². The van der Waals surface area contributed by atoms with E-state index >= 15 is 4.39 Å². The maximum absolute atomic E-state index is 16.9. The zero-order valence-corrected chi connectivity index (χ0v) is 27.6. The SMILES string of the molecule is CCc1c(F)ccc2cc(O)cc(-c3ncc4c(N5CCC[C@]6(CCO6)C5)nc(OCC5(CN6CCC(C)(F)CC6)CC5)nc4c3F)c12. The van der Waals surface area contributed by atoms with Gasteiger partial charge in [0.05, 0.1) is 24.2 Å². The highest BCUT2D eigenvalue weighted by atomic mass is 19.1. The number of halogens is 3. The van der Waals surface area contributed by atoms with Gasteiger partial charge in [-0.3, -0.25) is 4.98 Å². The first kappa shape index (κ1) is 31.6. The zero-order chi connectivity index (χ0) is 33.3. The average Bonchev–Trinajstić information content (AvgIpc) is 3.83. The van der Waals surface area contributed by atoms with E-state index in [9.17, 15) is 13.9 Å². The minimum atomic E-state index is -1.11. The Bertz CT molecular complexity index is 1880. The molecule has 1 aliphatic carbocycles. The van der Waals surface area contributed by atoms with Gasteiger partial charge in [0.2, 0.25) is 0 Å². The Morgan fingerprint density at radius 2 is 1.81 bits per heavy atom. The topological polar surface area (TPSA) is 83.8 Å². The van der Waals surface area contributed by atoms with E-state index in [1.165, 1.54) is 12.1 Å². The first-order valence-electron chi connectivity index (χ1n) is 17.3. The summed E-state index contributed by atoms with van der Waals surface area (Å²) in [6, 6.07) is 6.02. The summed E-state index contributed by atoms with van der Waals surface area (Å²) in [4.78, 5) is 18.5. The zero-order valence-electron chi connectivity index (χ0n) is 27.6. The third-order valence-electron chi connectivity index (χ3n) is 11.1. The molecule has 1 N–H and O–H groups in total. The van der Waals surface area contributed by atoms with E-state index < -0.39 is 17.3 Å². The first-order chi connectivity index (χ1) is 23.1. The summed E-state index contributed by atoms with van der Waals surface area (Å²) in [5, 5.41) is 12.2. The Balaban J connectivity index is 1.18. The highest BCUT2D eigenvalue weighted by Crippen LogP contribution is 2.48. The van der Waals surface area contributed by atoms with E-state index in [0.717, 1.165) is 64.9 Å². The van der Waals surface area contributed by atoms with Crippen molar-refractivity contribution in [2.45, 2.75) is 76.5 Å². The van der Waals surface area contributed by atoms with Crippen LogP contribution in [-0.4, -0.2) is 82.2 Å². The van der Waals surface area contributed by atoms with E-state index in [1.807, 2.05) is 6.92 Å². The van der Waals surface area contributed by atoms with Gasteiger partial charge in [0, 0.05) is 56.3 Å². The molecule has 8 nitrogen and oxygen atoms in total. The molecule has 1 spiro atoms. The summed E-state index contributed by atoms with van der Waals surface area (Å²) < 4.78 is 58.7. The average molecular weight is 662 g/mol. The molecule has 0 amide bonds. The van der Waals surface area contributed by atoms with Crippen LogP contribution in [0.1, 0.15) is 64.4 Å². The number of hydrogen-bond donors (Lipinski definition) is 1. The molecule has 4 aliphatic rings. The Labute approximate surface area is 278 Å². The lowest BCUT2D eigenvalue weighted by atomic mass is 9.86. The van der Waals surface area contributed by atoms with Crippen molar-refractivity contribution >= 4 is 27.5 Å². The van der Waals surface area contributed by atoms with Gasteiger partial charge in [-0.2, -0.15) is 9.97 Å². The number of aromatic nitrogens is 3. The molecule has 48 heavy (non-hydrogen) atoms. The second-order valence-electron chi connectivity index (χ2n) is 14.8. The molecule has 8 rings (SSSR count). The summed E-state index contributed by atoms with van der Waals surface area (Å²) in [5.74, 6) is -0.604. The van der Waals surface area contributed by atoms with Crippen molar-refractivity contribution in [1.82, 2.24) is 19.9 Å². The lowest BCUT2D eigenvalue weighted by Crippen LogP contribution is -2.56. The predicted octanol–water partition coefficient (Wildman–Crippen LogP) is 7.13. The second-order valence-corrected chi connectivity index (χ2v) is 14.8. The lowest BCUT2D eigenvalue weighted by Gasteiger charge is -2.48. The van der Waals surface area contributed by atoms with Gasteiger partial charge in [-0.1, -0.05) is 13.0 Å². The lowest BCUT2D eigenvalue weighted by molar-refractivity contribution is -0.151. The van der Waals surface area contributed by atoms with Crippen molar-refractivity contribution in [1.29, 1.82) is 0 Å². The molecule has 254 valence electrons. The maximum atomic E-state index is 16.9. The van der Waals surface area contributed by atoms with Crippen LogP contribution in [0, 0.1) is 17.0 Å². The Hall–Kier alpha value is -3.70. The molecule has 4 aromatic rings. The summed E-state index contributed by atoms with van der Waals surface area (Å²) in [6.07, 6.45) is 7.84. The molecule has 1 atom stereocenters. The molecule has 3 saturated heterocycles. The molecule has 0 radical (unpaired) electrons. The van der Waals surface area contributed by atoms with Gasteiger partial charge < -0.3 is 24.4 Å². The van der Waals surface area contributed by atoms with Gasteiger partial charge in [-0.25, -0.2) is 13.2 Å². The van der Waals surface area contributed by atoms with Gasteiger partial charge in [0.25, 0.3) is 0 Å². The Kier molecular flexibility index (Phi) is 7.71.